The average Bonchev–Trinajstić information content (AvgIpc) is 2.76. The lowest BCUT2D eigenvalue weighted by Crippen LogP contribution is -2.59. The monoisotopic (exact) mass is 369 g/mol. The standard InChI is InChI=1S/C19H16ClN3O3/c20-13-6-7-14-15(10-13)21-17(24)16-11-22(8-9-23(16)19(14)26)18(25)12-4-2-1-3-5-12/h1-7,10,16H,8-9,11H2,(H,21,24)/t16-/m1/s1. The van der Waals surface area contributed by atoms with E-state index in [1.54, 1.807) is 47.4 Å². The number of benzene rings is 2. The topological polar surface area (TPSA) is 69.7 Å². The molecule has 7 heteroatoms. The van der Waals surface area contributed by atoms with Crippen LogP contribution in [-0.4, -0.2) is 53.2 Å². The number of fused-ring (bicyclic) bond motifs is 2. The average molecular weight is 370 g/mol. The van der Waals surface area contributed by atoms with E-state index in [-0.39, 0.29) is 24.3 Å². The Balaban J connectivity index is 1.61. The van der Waals surface area contributed by atoms with Crippen LogP contribution in [0.15, 0.2) is 48.5 Å². The highest BCUT2D eigenvalue weighted by molar-refractivity contribution is 6.31. The van der Waals surface area contributed by atoms with Crippen molar-refractivity contribution in [3.63, 3.8) is 0 Å². The highest BCUT2D eigenvalue weighted by Crippen LogP contribution is 2.28. The van der Waals surface area contributed by atoms with Crippen molar-refractivity contribution in [1.29, 1.82) is 0 Å². The van der Waals surface area contributed by atoms with Crippen molar-refractivity contribution in [2.24, 2.45) is 0 Å². The Bertz CT molecular complexity index is 900. The Morgan fingerprint density at radius 3 is 2.62 bits per heavy atom. The predicted octanol–water partition coefficient (Wildman–Crippen LogP) is 2.26. The molecule has 0 unspecified atom stereocenters. The maximum Gasteiger partial charge on any atom is 0.256 e. The summed E-state index contributed by atoms with van der Waals surface area (Å²) < 4.78 is 0. The van der Waals surface area contributed by atoms with E-state index in [0.29, 0.717) is 34.9 Å². The van der Waals surface area contributed by atoms with Crippen molar-refractivity contribution in [3.05, 3.63) is 64.7 Å². The van der Waals surface area contributed by atoms with Crippen LogP contribution in [0, 0.1) is 0 Å². The Hall–Kier alpha value is -2.86. The van der Waals surface area contributed by atoms with Crippen LogP contribution < -0.4 is 5.32 Å². The van der Waals surface area contributed by atoms with Crippen LogP contribution in [0.2, 0.25) is 5.02 Å². The maximum absolute atomic E-state index is 12.9. The number of carbonyl (C=O) groups is 3. The quantitative estimate of drug-likeness (QED) is 0.838. The molecule has 132 valence electrons. The van der Waals surface area contributed by atoms with Crippen LogP contribution in [0.3, 0.4) is 0 Å². The van der Waals surface area contributed by atoms with Crippen molar-refractivity contribution in [3.8, 4) is 0 Å². The summed E-state index contributed by atoms with van der Waals surface area (Å²) in [6.45, 7) is 0.844. The Morgan fingerprint density at radius 1 is 1.08 bits per heavy atom. The second-order valence-electron chi connectivity index (χ2n) is 6.31. The van der Waals surface area contributed by atoms with Crippen LogP contribution in [-0.2, 0) is 4.79 Å². The summed E-state index contributed by atoms with van der Waals surface area (Å²) in [5, 5.41) is 3.21. The zero-order chi connectivity index (χ0) is 18.3. The van der Waals surface area contributed by atoms with Gasteiger partial charge in [0.05, 0.1) is 17.8 Å². The van der Waals surface area contributed by atoms with Gasteiger partial charge in [0.2, 0.25) is 5.91 Å². The van der Waals surface area contributed by atoms with Crippen molar-refractivity contribution < 1.29 is 14.4 Å². The lowest BCUT2D eigenvalue weighted by molar-refractivity contribution is -0.121. The summed E-state index contributed by atoms with van der Waals surface area (Å²) in [6, 6.07) is 13.0. The van der Waals surface area contributed by atoms with Gasteiger partial charge in [-0.05, 0) is 30.3 Å². The molecule has 2 aromatic rings. The van der Waals surface area contributed by atoms with Gasteiger partial charge in [0.25, 0.3) is 11.8 Å². The SMILES string of the molecule is O=C1Nc2cc(Cl)ccc2C(=O)N2CCN(C(=O)c3ccccc3)C[C@H]12. The number of piperazine rings is 1. The van der Waals surface area contributed by atoms with Gasteiger partial charge in [0, 0.05) is 23.7 Å². The fourth-order valence-electron chi connectivity index (χ4n) is 3.38. The van der Waals surface area contributed by atoms with Crippen LogP contribution >= 0.6 is 11.6 Å². The number of rotatable bonds is 1. The lowest BCUT2D eigenvalue weighted by atomic mass is 10.1. The molecule has 1 N–H and O–H groups in total. The maximum atomic E-state index is 12.9. The summed E-state index contributed by atoms with van der Waals surface area (Å²) in [6.07, 6.45) is 0. The fraction of sp³-hybridized carbons (Fsp3) is 0.211. The molecule has 1 saturated heterocycles. The number of nitrogens with zero attached hydrogens (tertiary/aromatic N) is 2. The smallest absolute Gasteiger partial charge is 0.256 e. The Labute approximate surface area is 155 Å². The van der Waals surface area contributed by atoms with E-state index in [2.05, 4.69) is 5.32 Å². The molecule has 0 aromatic heterocycles. The molecular weight excluding hydrogens is 354 g/mol. The van der Waals surface area contributed by atoms with E-state index in [9.17, 15) is 14.4 Å². The molecule has 4 rings (SSSR count). The van der Waals surface area contributed by atoms with E-state index in [0.717, 1.165) is 0 Å². The third-order valence-corrected chi connectivity index (χ3v) is 4.96. The summed E-state index contributed by atoms with van der Waals surface area (Å²) >= 11 is 5.98. The molecule has 6 nitrogen and oxygen atoms in total. The molecule has 2 aliphatic heterocycles. The van der Waals surface area contributed by atoms with E-state index in [1.165, 1.54) is 4.90 Å². The molecule has 0 bridgehead atoms. The highest BCUT2D eigenvalue weighted by Gasteiger charge is 2.40. The minimum absolute atomic E-state index is 0.143. The first-order chi connectivity index (χ1) is 12.5. The third kappa shape index (κ3) is 2.82. The van der Waals surface area contributed by atoms with Gasteiger partial charge < -0.3 is 15.1 Å². The van der Waals surface area contributed by atoms with Crippen LogP contribution in [0.25, 0.3) is 0 Å². The summed E-state index contributed by atoms with van der Waals surface area (Å²) in [7, 11) is 0. The molecule has 2 heterocycles. The molecular formula is C19H16ClN3O3. The van der Waals surface area contributed by atoms with Gasteiger partial charge in [-0.25, -0.2) is 0 Å². The van der Waals surface area contributed by atoms with E-state index >= 15 is 0 Å². The number of halogens is 1. The van der Waals surface area contributed by atoms with Gasteiger partial charge in [0.15, 0.2) is 0 Å². The van der Waals surface area contributed by atoms with Crippen molar-refractivity contribution in [1.82, 2.24) is 9.80 Å². The zero-order valence-electron chi connectivity index (χ0n) is 13.8. The molecule has 0 spiro atoms. The minimum Gasteiger partial charge on any atom is -0.334 e. The van der Waals surface area contributed by atoms with Gasteiger partial charge in [-0.3, -0.25) is 14.4 Å². The minimum atomic E-state index is -0.727. The second kappa shape index (κ2) is 6.46. The largest absolute Gasteiger partial charge is 0.334 e. The van der Waals surface area contributed by atoms with Gasteiger partial charge in [-0.2, -0.15) is 0 Å². The van der Waals surface area contributed by atoms with Crippen molar-refractivity contribution in [2.45, 2.75) is 6.04 Å². The van der Waals surface area contributed by atoms with E-state index in [4.69, 9.17) is 11.6 Å². The number of nitrogens with one attached hydrogen (secondary N) is 1. The van der Waals surface area contributed by atoms with Gasteiger partial charge >= 0.3 is 0 Å². The third-order valence-electron chi connectivity index (χ3n) is 4.72. The summed E-state index contributed by atoms with van der Waals surface area (Å²) in [5.41, 5.74) is 1.38. The highest BCUT2D eigenvalue weighted by atomic mass is 35.5. The van der Waals surface area contributed by atoms with Crippen molar-refractivity contribution >= 4 is 35.0 Å². The first-order valence-corrected chi connectivity index (χ1v) is 8.68. The molecule has 3 amide bonds. The second-order valence-corrected chi connectivity index (χ2v) is 6.75. The summed E-state index contributed by atoms with van der Waals surface area (Å²) in [4.78, 5) is 41.4. The van der Waals surface area contributed by atoms with Crippen LogP contribution in [0.4, 0.5) is 5.69 Å². The van der Waals surface area contributed by atoms with Crippen LogP contribution in [0.1, 0.15) is 20.7 Å². The molecule has 0 aliphatic carbocycles. The Morgan fingerprint density at radius 2 is 1.85 bits per heavy atom. The van der Waals surface area contributed by atoms with Crippen LogP contribution in [0.5, 0.6) is 0 Å². The zero-order valence-corrected chi connectivity index (χ0v) is 14.6. The first-order valence-electron chi connectivity index (χ1n) is 8.30. The molecule has 1 fully saturated rings. The molecule has 1 atom stereocenters. The number of anilines is 1. The fourth-order valence-corrected chi connectivity index (χ4v) is 3.55. The van der Waals surface area contributed by atoms with Gasteiger partial charge in [-0.1, -0.05) is 29.8 Å². The Kier molecular flexibility index (Phi) is 4.12. The molecule has 2 aliphatic rings. The molecule has 0 radical (unpaired) electrons. The van der Waals surface area contributed by atoms with Gasteiger partial charge in [-0.15, -0.1) is 0 Å². The molecule has 2 aromatic carbocycles. The van der Waals surface area contributed by atoms with Crippen molar-refractivity contribution in [2.75, 3.05) is 25.0 Å². The van der Waals surface area contributed by atoms with Gasteiger partial charge in [0.1, 0.15) is 6.04 Å². The number of hydrogen-bond acceptors (Lipinski definition) is 3. The first kappa shape index (κ1) is 16.6. The lowest BCUT2D eigenvalue weighted by Gasteiger charge is -2.39. The number of hydrogen-bond donors (Lipinski definition) is 1. The normalized spacial score (nSPS) is 19.3. The summed E-state index contributed by atoms with van der Waals surface area (Å²) in [5.74, 6) is -0.688. The number of carbonyl (C=O) groups excluding carboxylic acids is 3. The predicted molar refractivity (Wildman–Crippen MR) is 97.3 cm³/mol. The number of amides is 3. The molecule has 0 saturated carbocycles. The molecule has 26 heavy (non-hydrogen) atoms. The van der Waals surface area contributed by atoms with E-state index in [1.807, 2.05) is 6.07 Å². The van der Waals surface area contributed by atoms with E-state index < -0.39 is 6.04 Å².